The van der Waals surface area contributed by atoms with Gasteiger partial charge < -0.3 is 0 Å². The second-order valence-electron chi connectivity index (χ2n) is 3.13. The summed E-state index contributed by atoms with van der Waals surface area (Å²) in [5.41, 5.74) is 3.46. The van der Waals surface area contributed by atoms with E-state index in [2.05, 4.69) is 19.5 Å². The maximum absolute atomic E-state index is 3.46. The van der Waals surface area contributed by atoms with Crippen molar-refractivity contribution < 1.29 is 5.01 Å². The quantitative estimate of drug-likeness (QED) is 0.484. The summed E-state index contributed by atoms with van der Waals surface area (Å²) >= 11 is 0. The zero-order valence-corrected chi connectivity index (χ0v) is 6.41. The van der Waals surface area contributed by atoms with Crippen LogP contribution < -0.4 is 10.4 Å². The highest BCUT2D eigenvalue weighted by Gasteiger charge is 2.16. The van der Waals surface area contributed by atoms with E-state index in [9.17, 15) is 0 Å². The van der Waals surface area contributed by atoms with Gasteiger partial charge in [-0.15, -0.1) is 0 Å². The summed E-state index contributed by atoms with van der Waals surface area (Å²) in [6.45, 7) is 0. The van der Waals surface area contributed by atoms with Gasteiger partial charge in [-0.3, -0.25) is 5.01 Å². The van der Waals surface area contributed by atoms with Gasteiger partial charge in [0, 0.05) is 0 Å². The van der Waals surface area contributed by atoms with Crippen LogP contribution in [0.5, 0.6) is 0 Å². The van der Waals surface area contributed by atoms with E-state index in [1.807, 2.05) is 0 Å². The fraction of sp³-hybridized carbons (Fsp3) is 1.00. The highest BCUT2D eigenvalue weighted by molar-refractivity contribution is 4.68. The molecule has 0 unspecified atom stereocenters. The molecule has 0 bridgehead atoms. The van der Waals surface area contributed by atoms with Gasteiger partial charge in [0.25, 0.3) is 0 Å². The van der Waals surface area contributed by atoms with E-state index in [0.717, 1.165) is 6.04 Å². The number of hydrogen-bond donors (Lipinski definition) is 2. The van der Waals surface area contributed by atoms with Crippen molar-refractivity contribution in [2.24, 2.45) is 0 Å². The average molecular weight is 129 g/mol. The molecule has 0 radical (unpaired) electrons. The van der Waals surface area contributed by atoms with Crippen LogP contribution in [0, 0.1) is 0 Å². The molecule has 0 aromatic rings. The number of rotatable bonds is 2. The van der Waals surface area contributed by atoms with E-state index in [0.29, 0.717) is 0 Å². The highest BCUT2D eigenvalue weighted by Crippen LogP contribution is 2.16. The van der Waals surface area contributed by atoms with Crippen molar-refractivity contribution in [3.63, 3.8) is 0 Å². The third-order valence-corrected chi connectivity index (χ3v) is 1.85. The number of hydrogen-bond acceptors (Lipinski definition) is 1. The van der Waals surface area contributed by atoms with E-state index in [-0.39, 0.29) is 0 Å². The summed E-state index contributed by atoms with van der Waals surface area (Å²) < 4.78 is 0. The Morgan fingerprint density at radius 3 is 2.22 bits per heavy atom. The van der Waals surface area contributed by atoms with Crippen LogP contribution in [0.2, 0.25) is 0 Å². The number of quaternary nitrogens is 1. The van der Waals surface area contributed by atoms with Crippen molar-refractivity contribution >= 4 is 0 Å². The van der Waals surface area contributed by atoms with Crippen molar-refractivity contribution in [2.45, 2.75) is 31.7 Å². The molecule has 0 aromatic heterocycles. The summed E-state index contributed by atoms with van der Waals surface area (Å²) in [6, 6.07) is 0.801. The zero-order chi connectivity index (χ0) is 6.69. The molecule has 1 rings (SSSR count). The Hall–Kier alpha value is -0.0800. The van der Waals surface area contributed by atoms with E-state index in [1.165, 1.54) is 30.7 Å². The first-order valence-corrected chi connectivity index (χ1v) is 3.86. The molecule has 1 aliphatic carbocycles. The van der Waals surface area contributed by atoms with Gasteiger partial charge in [0.2, 0.25) is 0 Å². The van der Waals surface area contributed by atoms with Gasteiger partial charge in [0.15, 0.2) is 0 Å². The molecule has 1 aliphatic rings. The molecule has 2 nitrogen and oxygen atoms in total. The molecular formula is C7H17N2+. The molecule has 0 amide bonds. The van der Waals surface area contributed by atoms with Crippen molar-refractivity contribution in [2.75, 3.05) is 14.1 Å². The van der Waals surface area contributed by atoms with E-state index in [1.54, 1.807) is 0 Å². The molecule has 0 atom stereocenters. The van der Waals surface area contributed by atoms with E-state index >= 15 is 0 Å². The van der Waals surface area contributed by atoms with E-state index in [4.69, 9.17) is 0 Å². The summed E-state index contributed by atoms with van der Waals surface area (Å²) in [5, 5.41) is 1.36. The Balaban J connectivity index is 2.11. The minimum Gasteiger partial charge on any atom is -0.262 e. The van der Waals surface area contributed by atoms with Crippen LogP contribution in [0.25, 0.3) is 0 Å². The maximum Gasteiger partial charge on any atom is 0.0839 e. The van der Waals surface area contributed by atoms with Crippen LogP contribution in [0.1, 0.15) is 25.7 Å². The molecule has 0 aliphatic heterocycles. The molecule has 0 aromatic carbocycles. The van der Waals surface area contributed by atoms with Crippen LogP contribution in [0.15, 0.2) is 0 Å². The molecule has 1 fully saturated rings. The Labute approximate surface area is 57.2 Å². The maximum atomic E-state index is 3.46. The average Bonchev–Trinajstić information content (AvgIpc) is 2.15. The minimum absolute atomic E-state index is 0.801. The summed E-state index contributed by atoms with van der Waals surface area (Å²) in [6.07, 6.45) is 5.60. The van der Waals surface area contributed by atoms with Crippen molar-refractivity contribution in [1.82, 2.24) is 5.43 Å². The van der Waals surface area contributed by atoms with Crippen LogP contribution in [0.3, 0.4) is 0 Å². The van der Waals surface area contributed by atoms with Gasteiger partial charge in [0.1, 0.15) is 0 Å². The lowest BCUT2D eigenvalue weighted by atomic mass is 10.3. The van der Waals surface area contributed by atoms with Gasteiger partial charge in [0.05, 0.1) is 20.1 Å². The van der Waals surface area contributed by atoms with Crippen LogP contribution in [-0.4, -0.2) is 20.1 Å². The number of nitrogens with one attached hydrogen (secondary N) is 2. The fourth-order valence-electron chi connectivity index (χ4n) is 1.48. The highest BCUT2D eigenvalue weighted by atomic mass is 15.5. The largest absolute Gasteiger partial charge is 0.262 e. The van der Waals surface area contributed by atoms with Crippen LogP contribution in [0.4, 0.5) is 0 Å². The Kier molecular flexibility index (Phi) is 2.49. The van der Waals surface area contributed by atoms with E-state index < -0.39 is 0 Å². The molecule has 2 heteroatoms. The van der Waals surface area contributed by atoms with Gasteiger partial charge in [-0.2, -0.15) is 5.43 Å². The molecule has 0 saturated heterocycles. The van der Waals surface area contributed by atoms with Gasteiger partial charge >= 0.3 is 0 Å². The summed E-state index contributed by atoms with van der Waals surface area (Å²) in [7, 11) is 4.27. The second-order valence-corrected chi connectivity index (χ2v) is 3.13. The molecule has 0 heterocycles. The lowest BCUT2D eigenvalue weighted by Crippen LogP contribution is -3.13. The summed E-state index contributed by atoms with van der Waals surface area (Å²) in [4.78, 5) is 0. The van der Waals surface area contributed by atoms with Crippen LogP contribution >= 0.6 is 0 Å². The van der Waals surface area contributed by atoms with Gasteiger partial charge in [-0.25, -0.2) is 0 Å². The third-order valence-electron chi connectivity index (χ3n) is 1.85. The first-order valence-electron chi connectivity index (χ1n) is 3.86. The molecule has 54 valence electrons. The SMILES string of the molecule is C[NH+](C)NC1CCCC1. The molecule has 1 saturated carbocycles. The lowest BCUT2D eigenvalue weighted by molar-refractivity contribution is -0.909. The fourth-order valence-corrected chi connectivity index (χ4v) is 1.48. The Morgan fingerprint density at radius 1 is 1.22 bits per heavy atom. The second kappa shape index (κ2) is 3.18. The third kappa shape index (κ3) is 2.33. The Morgan fingerprint density at radius 2 is 1.78 bits per heavy atom. The predicted molar refractivity (Wildman–Crippen MR) is 38.2 cm³/mol. The van der Waals surface area contributed by atoms with Crippen LogP contribution in [-0.2, 0) is 0 Å². The van der Waals surface area contributed by atoms with Crippen molar-refractivity contribution in [1.29, 1.82) is 0 Å². The topological polar surface area (TPSA) is 16.5 Å². The smallest absolute Gasteiger partial charge is 0.0839 e. The molecular weight excluding hydrogens is 112 g/mol. The summed E-state index contributed by atoms with van der Waals surface area (Å²) in [5.74, 6) is 0. The molecule has 0 spiro atoms. The zero-order valence-electron chi connectivity index (χ0n) is 6.41. The monoisotopic (exact) mass is 129 g/mol. The normalized spacial score (nSPS) is 21.7. The van der Waals surface area contributed by atoms with Crippen molar-refractivity contribution in [3.8, 4) is 0 Å². The van der Waals surface area contributed by atoms with Gasteiger partial charge in [-0.1, -0.05) is 12.8 Å². The van der Waals surface area contributed by atoms with Gasteiger partial charge in [-0.05, 0) is 12.8 Å². The Bertz CT molecular complexity index is 75.0. The first-order chi connectivity index (χ1) is 4.29. The lowest BCUT2D eigenvalue weighted by Gasteiger charge is -2.13. The minimum atomic E-state index is 0.801. The first kappa shape index (κ1) is 7.03. The predicted octanol–water partition coefficient (Wildman–Crippen LogP) is -0.422. The molecule has 9 heavy (non-hydrogen) atoms. The van der Waals surface area contributed by atoms with Crippen molar-refractivity contribution in [3.05, 3.63) is 0 Å². The standard InChI is InChI=1S/C7H16N2/c1-9(2)8-7-5-3-4-6-7/h7-8H,3-6H2,1-2H3/p+1. The molecule has 2 N–H and O–H groups in total.